The molecular formula is C22H25FN2O5S. The fourth-order valence-electron chi connectivity index (χ4n) is 3.52. The number of carbonyl (C=O) groups excluding carboxylic acids is 1. The van der Waals surface area contributed by atoms with Crippen LogP contribution in [0.5, 0.6) is 11.5 Å². The lowest BCUT2D eigenvalue weighted by Crippen LogP contribution is -2.39. The molecule has 0 saturated heterocycles. The van der Waals surface area contributed by atoms with Crippen LogP contribution in [0.4, 0.5) is 10.1 Å². The van der Waals surface area contributed by atoms with Gasteiger partial charge in [0, 0.05) is 25.2 Å². The Hall–Kier alpha value is -3.07. The second-order valence-corrected chi connectivity index (χ2v) is 9.04. The standard InChI is InChI=1S/C22H25FN2O5S/c1-14-17-12-19(29-3)20(30-4)13-18(17)25(2)31(27,28)21(14)22(26)24-11-5-6-15-7-9-16(23)10-8-15/h7-10,12-13H,5-6,11H2,1-4H3,(H,24,26). The maximum atomic E-state index is 13.1. The summed E-state index contributed by atoms with van der Waals surface area (Å²) in [6.45, 7) is 1.88. The number of hydrogen-bond donors (Lipinski definition) is 1. The van der Waals surface area contributed by atoms with Gasteiger partial charge >= 0.3 is 0 Å². The predicted octanol–water partition coefficient (Wildman–Crippen LogP) is 3.10. The molecule has 31 heavy (non-hydrogen) atoms. The minimum Gasteiger partial charge on any atom is -0.493 e. The number of carbonyl (C=O) groups is 1. The van der Waals surface area contributed by atoms with Gasteiger partial charge in [-0.25, -0.2) is 12.8 Å². The molecule has 3 rings (SSSR count). The Morgan fingerprint density at radius 2 is 1.71 bits per heavy atom. The number of halogens is 1. The summed E-state index contributed by atoms with van der Waals surface area (Å²) in [5, 5.41) is 2.69. The van der Waals surface area contributed by atoms with Gasteiger partial charge in [0.15, 0.2) is 16.4 Å². The first-order chi connectivity index (χ1) is 14.7. The lowest BCUT2D eigenvalue weighted by atomic mass is 10.0. The first-order valence-corrected chi connectivity index (χ1v) is 11.1. The molecular weight excluding hydrogens is 423 g/mol. The normalized spacial score (nSPS) is 14.8. The van der Waals surface area contributed by atoms with Gasteiger partial charge < -0.3 is 14.8 Å². The van der Waals surface area contributed by atoms with E-state index in [1.54, 1.807) is 31.2 Å². The van der Waals surface area contributed by atoms with Crippen LogP contribution in [0.1, 0.15) is 24.5 Å². The van der Waals surface area contributed by atoms with E-state index in [2.05, 4.69) is 5.32 Å². The van der Waals surface area contributed by atoms with Crippen molar-refractivity contribution < 1.29 is 27.1 Å². The number of nitrogens with zero attached hydrogens (tertiary/aromatic N) is 1. The van der Waals surface area contributed by atoms with Crippen LogP contribution in [0.25, 0.3) is 5.57 Å². The lowest BCUT2D eigenvalue weighted by Gasteiger charge is -2.30. The van der Waals surface area contributed by atoms with E-state index in [-0.39, 0.29) is 17.3 Å². The van der Waals surface area contributed by atoms with E-state index in [0.29, 0.717) is 41.2 Å². The van der Waals surface area contributed by atoms with Crippen molar-refractivity contribution in [2.45, 2.75) is 19.8 Å². The van der Waals surface area contributed by atoms with Gasteiger partial charge in [0.05, 0.1) is 19.9 Å². The number of aryl methyl sites for hydroxylation is 1. The van der Waals surface area contributed by atoms with Crippen LogP contribution in [-0.2, 0) is 21.2 Å². The second kappa shape index (κ2) is 8.97. The third-order valence-corrected chi connectivity index (χ3v) is 7.18. The Bertz CT molecular complexity index is 1130. The number of allylic oxidation sites excluding steroid dienone is 1. The van der Waals surface area contributed by atoms with Crippen LogP contribution >= 0.6 is 0 Å². The number of nitrogens with one attached hydrogen (secondary N) is 1. The SMILES string of the molecule is COc1cc2c(cc1OC)N(C)S(=O)(=O)C(C(=O)NCCCc1ccc(F)cc1)=C2C. The molecule has 7 nitrogen and oxygen atoms in total. The van der Waals surface area contributed by atoms with Crippen molar-refractivity contribution in [1.29, 1.82) is 0 Å². The van der Waals surface area contributed by atoms with E-state index in [1.807, 2.05) is 0 Å². The average molecular weight is 449 g/mol. The van der Waals surface area contributed by atoms with Crippen molar-refractivity contribution in [2.24, 2.45) is 0 Å². The quantitative estimate of drug-likeness (QED) is 0.658. The van der Waals surface area contributed by atoms with Gasteiger partial charge in [0.2, 0.25) is 0 Å². The lowest BCUT2D eigenvalue weighted by molar-refractivity contribution is -0.116. The van der Waals surface area contributed by atoms with Crippen molar-refractivity contribution >= 4 is 27.2 Å². The summed E-state index contributed by atoms with van der Waals surface area (Å²) in [6, 6.07) is 9.37. The third-order valence-electron chi connectivity index (χ3n) is 5.25. The number of fused-ring (bicyclic) bond motifs is 1. The summed E-state index contributed by atoms with van der Waals surface area (Å²) in [5.74, 6) is -0.137. The van der Waals surface area contributed by atoms with Crippen LogP contribution in [0.2, 0.25) is 0 Å². The van der Waals surface area contributed by atoms with Crippen LogP contribution in [0.15, 0.2) is 41.3 Å². The Morgan fingerprint density at radius 3 is 2.32 bits per heavy atom. The van der Waals surface area contributed by atoms with Crippen LogP contribution in [0.3, 0.4) is 0 Å². The molecule has 1 N–H and O–H groups in total. The van der Waals surface area contributed by atoms with E-state index in [9.17, 15) is 17.6 Å². The highest BCUT2D eigenvalue weighted by Crippen LogP contribution is 2.44. The molecule has 1 heterocycles. The zero-order valence-corrected chi connectivity index (χ0v) is 18.7. The molecule has 0 aromatic heterocycles. The Kier molecular flexibility index (Phi) is 6.54. The molecule has 166 valence electrons. The number of anilines is 1. The second-order valence-electron chi connectivity index (χ2n) is 7.14. The molecule has 0 unspecified atom stereocenters. The highest BCUT2D eigenvalue weighted by molar-refractivity contribution is 7.97. The highest BCUT2D eigenvalue weighted by Gasteiger charge is 2.38. The topological polar surface area (TPSA) is 84.9 Å². The van der Waals surface area contributed by atoms with E-state index in [1.165, 1.54) is 33.4 Å². The third kappa shape index (κ3) is 4.36. The summed E-state index contributed by atoms with van der Waals surface area (Å²) in [5.41, 5.74) is 2.26. The summed E-state index contributed by atoms with van der Waals surface area (Å²) in [4.78, 5) is 12.5. The molecule has 0 atom stereocenters. The molecule has 0 aliphatic carbocycles. The van der Waals surface area contributed by atoms with Crippen LogP contribution in [0, 0.1) is 5.82 Å². The number of hydrogen-bond acceptors (Lipinski definition) is 5. The molecule has 1 amide bonds. The van der Waals surface area contributed by atoms with Gasteiger partial charge in [0.25, 0.3) is 15.9 Å². The molecule has 1 aliphatic heterocycles. The van der Waals surface area contributed by atoms with Gasteiger partial charge in [-0.3, -0.25) is 9.10 Å². The van der Waals surface area contributed by atoms with Gasteiger partial charge in [-0.1, -0.05) is 12.1 Å². The van der Waals surface area contributed by atoms with Gasteiger partial charge in [-0.2, -0.15) is 0 Å². The fraction of sp³-hybridized carbons (Fsp3) is 0.318. The number of rotatable bonds is 7. The first-order valence-electron chi connectivity index (χ1n) is 9.69. The van der Waals surface area contributed by atoms with Crippen molar-refractivity contribution in [3.8, 4) is 11.5 Å². The first kappa shape index (κ1) is 22.6. The van der Waals surface area contributed by atoms with E-state index in [0.717, 1.165) is 9.87 Å². The van der Waals surface area contributed by atoms with E-state index < -0.39 is 15.9 Å². The Labute approximate surface area is 181 Å². The number of amides is 1. The molecule has 0 fully saturated rings. The smallest absolute Gasteiger partial charge is 0.269 e. The Morgan fingerprint density at radius 1 is 1.10 bits per heavy atom. The molecule has 9 heteroatoms. The van der Waals surface area contributed by atoms with Crippen molar-refractivity contribution in [3.63, 3.8) is 0 Å². The average Bonchev–Trinajstić information content (AvgIpc) is 2.75. The van der Waals surface area contributed by atoms with Gasteiger partial charge in [-0.15, -0.1) is 0 Å². The molecule has 0 bridgehead atoms. The molecule has 2 aromatic rings. The van der Waals surface area contributed by atoms with Crippen LogP contribution < -0.4 is 19.1 Å². The van der Waals surface area contributed by atoms with Crippen LogP contribution in [-0.4, -0.2) is 42.1 Å². The highest BCUT2D eigenvalue weighted by atomic mass is 32.2. The van der Waals surface area contributed by atoms with Gasteiger partial charge in [-0.05, 0) is 49.1 Å². The number of methoxy groups -OCH3 is 2. The van der Waals surface area contributed by atoms with E-state index >= 15 is 0 Å². The van der Waals surface area contributed by atoms with Gasteiger partial charge in [0.1, 0.15) is 5.82 Å². The summed E-state index contributed by atoms with van der Waals surface area (Å²) in [6.07, 6.45) is 1.21. The minimum absolute atomic E-state index is 0.283. The summed E-state index contributed by atoms with van der Waals surface area (Å²) < 4.78 is 50.8. The summed E-state index contributed by atoms with van der Waals surface area (Å²) >= 11 is 0. The van der Waals surface area contributed by atoms with E-state index in [4.69, 9.17) is 9.47 Å². The molecule has 2 aromatic carbocycles. The maximum absolute atomic E-state index is 13.1. The molecule has 0 saturated carbocycles. The van der Waals surface area contributed by atoms with Crippen molar-refractivity contribution in [2.75, 3.05) is 32.1 Å². The zero-order chi connectivity index (χ0) is 22.8. The van der Waals surface area contributed by atoms with Crippen molar-refractivity contribution in [1.82, 2.24) is 5.32 Å². The monoisotopic (exact) mass is 448 g/mol. The minimum atomic E-state index is -4.04. The molecule has 1 aliphatic rings. The maximum Gasteiger partial charge on any atom is 0.269 e. The molecule has 0 radical (unpaired) electrons. The number of sulfonamides is 1. The number of benzene rings is 2. The largest absolute Gasteiger partial charge is 0.493 e. The zero-order valence-electron chi connectivity index (χ0n) is 17.9. The predicted molar refractivity (Wildman–Crippen MR) is 117 cm³/mol. The summed E-state index contributed by atoms with van der Waals surface area (Å²) in [7, 11) is 0.312. The van der Waals surface area contributed by atoms with Crippen molar-refractivity contribution in [3.05, 3.63) is 58.2 Å². The Balaban J connectivity index is 1.83. The number of ether oxygens (including phenoxy) is 2. The molecule has 0 spiro atoms. The fourth-order valence-corrected chi connectivity index (χ4v) is 5.01.